The van der Waals surface area contributed by atoms with Gasteiger partial charge < -0.3 is 4.57 Å². The molecular weight excluding hydrogens is 394 g/mol. The molecule has 0 atom stereocenters. The second-order valence-electron chi connectivity index (χ2n) is 4.30. The van der Waals surface area contributed by atoms with Gasteiger partial charge in [0.25, 0.3) is 17.6 Å². The number of alkyl halides is 2. The normalized spacial score (nSPS) is 10.7. The summed E-state index contributed by atoms with van der Waals surface area (Å²) in [4.78, 5) is 27.7. The molecule has 0 aliphatic carbocycles. The molecule has 2 rings (SSSR count). The summed E-state index contributed by atoms with van der Waals surface area (Å²) in [6.07, 6.45) is 2.98. The number of hydrogen-bond acceptors (Lipinski definition) is 4. The smallest absolute Gasteiger partial charge is 0.290 e. The Morgan fingerprint density at radius 1 is 1.35 bits per heavy atom. The molecule has 6 nitrogen and oxygen atoms in total. The lowest BCUT2D eigenvalue weighted by molar-refractivity contribution is 0.0840. The molecule has 0 fully saturated rings. The minimum absolute atomic E-state index is 0.0499. The Balaban J connectivity index is 2.05. The fourth-order valence-electron chi connectivity index (χ4n) is 1.74. The second kappa shape index (κ2) is 7.55. The molecule has 2 aromatic heterocycles. The lowest BCUT2D eigenvalue weighted by Gasteiger charge is -2.10. The second-order valence-corrected chi connectivity index (χ2v) is 6.19. The van der Waals surface area contributed by atoms with Gasteiger partial charge in [0.1, 0.15) is 10.7 Å². The summed E-state index contributed by atoms with van der Waals surface area (Å²) in [7, 11) is 1.67. The number of nitrogens with zero attached hydrogens (tertiary/aromatic N) is 2. The number of aromatic nitrogens is 2. The lowest BCUT2D eigenvalue weighted by Crippen LogP contribution is -2.42. The van der Waals surface area contributed by atoms with Gasteiger partial charge in [-0.25, -0.2) is 4.98 Å². The first kappa shape index (κ1) is 17.4. The molecule has 0 aromatic carbocycles. The van der Waals surface area contributed by atoms with E-state index in [2.05, 4.69) is 31.8 Å². The predicted molar refractivity (Wildman–Crippen MR) is 84.1 cm³/mol. The standard InChI is InChI=1S/C13H11BrF2N4O2S/c1-20-6-7(14)5-9(20)11(22)19-18-10(21)8-3-2-4-17-12(8)23-13(15)16/h2-6,13H,1H3,(H,18,21)(H,19,22). The Labute approximate surface area is 142 Å². The molecule has 0 radical (unpaired) electrons. The van der Waals surface area contributed by atoms with Crippen molar-refractivity contribution < 1.29 is 18.4 Å². The Bertz CT molecular complexity index is 739. The van der Waals surface area contributed by atoms with Crippen molar-refractivity contribution in [2.75, 3.05) is 0 Å². The van der Waals surface area contributed by atoms with Gasteiger partial charge >= 0.3 is 0 Å². The van der Waals surface area contributed by atoms with E-state index in [1.165, 1.54) is 18.3 Å². The zero-order valence-corrected chi connectivity index (χ0v) is 14.1. The first-order valence-electron chi connectivity index (χ1n) is 6.21. The van der Waals surface area contributed by atoms with Gasteiger partial charge in [-0.3, -0.25) is 20.4 Å². The van der Waals surface area contributed by atoms with E-state index in [0.29, 0.717) is 10.2 Å². The number of carbonyl (C=O) groups excluding carboxylic acids is 2. The molecule has 23 heavy (non-hydrogen) atoms. The topological polar surface area (TPSA) is 76.0 Å². The summed E-state index contributed by atoms with van der Waals surface area (Å²) in [5.41, 5.74) is 4.67. The van der Waals surface area contributed by atoms with Crippen LogP contribution in [0.25, 0.3) is 0 Å². The summed E-state index contributed by atoms with van der Waals surface area (Å²) in [5, 5.41) is -0.115. The van der Waals surface area contributed by atoms with Gasteiger partial charge in [-0.05, 0) is 45.9 Å². The zero-order valence-electron chi connectivity index (χ0n) is 11.7. The highest BCUT2D eigenvalue weighted by molar-refractivity contribution is 9.10. The summed E-state index contributed by atoms with van der Waals surface area (Å²) < 4.78 is 27.2. The molecule has 2 N–H and O–H groups in total. The van der Waals surface area contributed by atoms with Gasteiger partial charge in [0.2, 0.25) is 0 Å². The molecule has 0 unspecified atom stereocenters. The van der Waals surface area contributed by atoms with Crippen molar-refractivity contribution in [1.29, 1.82) is 0 Å². The SMILES string of the molecule is Cn1cc(Br)cc1C(=O)NNC(=O)c1cccnc1SC(F)F. The third kappa shape index (κ3) is 4.52. The number of halogens is 3. The molecule has 0 spiro atoms. The van der Waals surface area contributed by atoms with E-state index in [-0.39, 0.29) is 22.4 Å². The largest absolute Gasteiger partial charge is 0.345 e. The van der Waals surface area contributed by atoms with Crippen LogP contribution in [0.4, 0.5) is 8.78 Å². The summed E-state index contributed by atoms with van der Waals surface area (Å²) in [6.45, 7) is 0. The van der Waals surface area contributed by atoms with Crippen molar-refractivity contribution >= 4 is 39.5 Å². The third-order valence-corrected chi connectivity index (χ3v) is 3.87. The Morgan fingerprint density at radius 2 is 2.04 bits per heavy atom. The van der Waals surface area contributed by atoms with Crippen LogP contribution in [0.2, 0.25) is 0 Å². The highest BCUT2D eigenvalue weighted by atomic mass is 79.9. The van der Waals surface area contributed by atoms with E-state index in [0.717, 1.165) is 0 Å². The third-order valence-electron chi connectivity index (χ3n) is 2.71. The van der Waals surface area contributed by atoms with Crippen LogP contribution in [0, 0.1) is 0 Å². The fraction of sp³-hybridized carbons (Fsp3) is 0.154. The maximum Gasteiger partial charge on any atom is 0.290 e. The molecule has 0 saturated carbocycles. The number of rotatable bonds is 4. The monoisotopic (exact) mass is 404 g/mol. The number of hydrazine groups is 1. The number of carbonyl (C=O) groups is 2. The number of thioether (sulfide) groups is 1. The van der Waals surface area contributed by atoms with Gasteiger partial charge in [0.05, 0.1) is 5.56 Å². The summed E-state index contributed by atoms with van der Waals surface area (Å²) >= 11 is 3.39. The van der Waals surface area contributed by atoms with Crippen molar-refractivity contribution in [3.63, 3.8) is 0 Å². The van der Waals surface area contributed by atoms with Gasteiger partial charge in [-0.2, -0.15) is 8.78 Å². The molecule has 2 amide bonds. The minimum atomic E-state index is -2.70. The summed E-state index contributed by atoms with van der Waals surface area (Å²) in [6, 6.07) is 4.36. The average Bonchev–Trinajstić information content (AvgIpc) is 2.83. The van der Waals surface area contributed by atoms with Crippen molar-refractivity contribution in [2.45, 2.75) is 10.8 Å². The van der Waals surface area contributed by atoms with Gasteiger partial charge in [-0.1, -0.05) is 0 Å². The first-order valence-corrected chi connectivity index (χ1v) is 7.88. The van der Waals surface area contributed by atoms with Crippen molar-refractivity contribution in [3.05, 3.63) is 46.3 Å². The van der Waals surface area contributed by atoms with Crippen LogP contribution in [0.3, 0.4) is 0 Å². The minimum Gasteiger partial charge on any atom is -0.345 e. The number of pyridine rings is 1. The van der Waals surface area contributed by atoms with Crippen LogP contribution in [-0.4, -0.2) is 27.1 Å². The van der Waals surface area contributed by atoms with Crippen molar-refractivity contribution in [2.24, 2.45) is 7.05 Å². The van der Waals surface area contributed by atoms with Crippen LogP contribution in [0.5, 0.6) is 0 Å². The molecule has 0 aliphatic rings. The van der Waals surface area contributed by atoms with E-state index in [1.807, 2.05) is 0 Å². The fourth-order valence-corrected chi connectivity index (χ4v) is 2.84. The molecule has 2 aromatic rings. The van der Waals surface area contributed by atoms with Crippen LogP contribution in [0.15, 0.2) is 40.1 Å². The van der Waals surface area contributed by atoms with E-state index in [9.17, 15) is 18.4 Å². The average molecular weight is 405 g/mol. The van der Waals surface area contributed by atoms with E-state index in [1.54, 1.807) is 23.9 Å². The van der Waals surface area contributed by atoms with Crippen LogP contribution < -0.4 is 10.9 Å². The zero-order chi connectivity index (χ0) is 17.0. The molecular formula is C13H11BrF2N4O2S. The molecule has 0 bridgehead atoms. The predicted octanol–water partition coefficient (Wildman–Crippen LogP) is 2.57. The van der Waals surface area contributed by atoms with E-state index in [4.69, 9.17) is 0 Å². The molecule has 122 valence electrons. The molecule has 0 aliphatic heterocycles. The Morgan fingerprint density at radius 3 is 2.65 bits per heavy atom. The van der Waals surface area contributed by atoms with Crippen LogP contribution in [-0.2, 0) is 7.05 Å². The highest BCUT2D eigenvalue weighted by Crippen LogP contribution is 2.26. The van der Waals surface area contributed by atoms with Crippen molar-refractivity contribution in [1.82, 2.24) is 20.4 Å². The van der Waals surface area contributed by atoms with Crippen molar-refractivity contribution in [3.8, 4) is 0 Å². The number of nitrogens with one attached hydrogen (secondary N) is 2. The van der Waals surface area contributed by atoms with Gasteiger partial charge in [0.15, 0.2) is 0 Å². The maximum atomic E-state index is 12.5. The number of amides is 2. The molecule has 2 heterocycles. The Kier molecular flexibility index (Phi) is 5.72. The highest BCUT2D eigenvalue weighted by Gasteiger charge is 2.18. The van der Waals surface area contributed by atoms with E-state index >= 15 is 0 Å². The van der Waals surface area contributed by atoms with Crippen LogP contribution >= 0.6 is 27.7 Å². The number of hydrogen-bond donors (Lipinski definition) is 2. The van der Waals surface area contributed by atoms with E-state index < -0.39 is 17.6 Å². The quantitative estimate of drug-likeness (QED) is 0.606. The van der Waals surface area contributed by atoms with Gasteiger partial charge in [-0.15, -0.1) is 0 Å². The van der Waals surface area contributed by atoms with Gasteiger partial charge in [0, 0.05) is 23.9 Å². The first-order chi connectivity index (χ1) is 10.9. The summed E-state index contributed by atoms with van der Waals surface area (Å²) in [5.74, 6) is -3.98. The lowest BCUT2D eigenvalue weighted by atomic mass is 10.3. The number of aryl methyl sites for hydroxylation is 1. The Hall–Kier alpha value is -1.94. The molecule has 10 heteroatoms. The molecule has 0 saturated heterocycles. The van der Waals surface area contributed by atoms with Crippen LogP contribution in [0.1, 0.15) is 20.8 Å². The maximum absolute atomic E-state index is 12.5.